The standard InChI is InChI=1S/2C13H24N2.C11H22N2.2C11H21NO2.C11H23N.C9H17NO.C9H20.C8H17NO.C5H12O2S.C5H12O.5CH4/c2*1-10(2)15-11-6-7-12(15)9-14(8-11)13(3,4)5;1-10(2)12-6-8-13(9-7-12)11(3,4)5;1-10(2,3)12-6-4-11(5-7-12)13-8-9-14-11;1-11(2,3)14-9-10(13)12-7-5-4-6-8-12;1-11(2,3)7-10-12-8-5-4-6-9-12;1-8(2,3)10-4-9(5-10)6-11-7-9;1-8(2,3)7-9(4,5)6;1-8(2,3)9-4-6-10-7-5-9;1-5(2,3)8(4,6)7;1-5(2,3)6-4;;;;;/h2*11-12H,1,6-9H2,2-5H3;1,6-9H2,2-5H3;2*4-9H2,1-3H3;4-10H2,1-3H3;4-7H2,1-3H3;7H2,1-6H3;4-7H2,1-3H3;1-4H3;1-4H3;5*1H4. The lowest BCUT2D eigenvalue weighted by atomic mass is 9.75. The molecule has 0 saturated carbocycles. The molecule has 12 saturated heterocycles. The van der Waals surface area contributed by atoms with Gasteiger partial charge in [0.2, 0.25) is 5.91 Å². The summed E-state index contributed by atoms with van der Waals surface area (Å²) in [6.45, 7) is 125. The van der Waals surface area contributed by atoms with E-state index in [1.165, 1.54) is 146 Å². The molecule has 21 heteroatoms. The van der Waals surface area contributed by atoms with E-state index in [1.54, 1.807) is 27.9 Å². The Morgan fingerprint density at radius 1 is 0.386 bits per heavy atom. The third kappa shape index (κ3) is 53.9. The first-order chi connectivity index (χ1) is 57.4. The highest BCUT2D eigenvalue weighted by Gasteiger charge is 2.52. The lowest BCUT2D eigenvalue weighted by molar-refractivity contribution is -0.207. The van der Waals surface area contributed by atoms with Crippen LogP contribution in [0.4, 0.5) is 0 Å². The number of amides is 1. The minimum absolute atomic E-state index is 0. The van der Waals surface area contributed by atoms with E-state index in [2.05, 4.69) is 276 Å². The molecule has 0 aromatic heterocycles. The molecular formula is C111H233N11O9S. The Morgan fingerprint density at radius 2 is 0.705 bits per heavy atom. The number of sulfone groups is 1. The van der Waals surface area contributed by atoms with Crippen molar-refractivity contribution in [1.82, 2.24) is 53.9 Å². The molecule has 12 heterocycles. The van der Waals surface area contributed by atoms with Crippen LogP contribution in [0.2, 0.25) is 0 Å². The molecule has 2 spiro atoms. The van der Waals surface area contributed by atoms with Gasteiger partial charge in [-0.15, -0.1) is 0 Å². The summed E-state index contributed by atoms with van der Waals surface area (Å²) in [6.07, 6.45) is 19.1. The Hall–Kier alpha value is -2.48. The van der Waals surface area contributed by atoms with Crippen molar-refractivity contribution < 1.29 is 41.6 Å². The number of nitrogens with zero attached hydrogens (tertiary/aromatic N) is 11. The number of fused-ring (bicyclic) bond motifs is 4. The predicted molar refractivity (Wildman–Crippen MR) is 578 cm³/mol. The van der Waals surface area contributed by atoms with Crippen LogP contribution in [-0.4, -0.2) is 331 Å². The molecule has 20 nitrogen and oxygen atoms in total. The molecule has 12 rings (SSSR count). The molecule has 12 aliphatic heterocycles. The molecule has 12 aliphatic rings. The van der Waals surface area contributed by atoms with Crippen molar-refractivity contribution in [1.29, 1.82) is 0 Å². The average Bonchev–Trinajstić information content (AvgIpc) is 0.766. The van der Waals surface area contributed by atoms with Crippen LogP contribution in [0.3, 0.4) is 0 Å². The second kappa shape index (κ2) is 57.6. The Kier molecular flexibility index (Phi) is 59.2. The van der Waals surface area contributed by atoms with E-state index < -0.39 is 14.6 Å². The maximum Gasteiger partial charge on any atom is 0.248 e. The maximum absolute atomic E-state index is 11.6. The molecule has 0 aliphatic carbocycles. The van der Waals surface area contributed by atoms with Gasteiger partial charge in [0.1, 0.15) is 6.61 Å². The lowest BCUT2D eigenvalue weighted by Crippen LogP contribution is -2.69. The fourth-order valence-corrected chi connectivity index (χ4v) is 18.0. The van der Waals surface area contributed by atoms with E-state index in [0.29, 0.717) is 49.4 Å². The molecule has 12 fully saturated rings. The minimum Gasteiger partial charge on any atom is -0.380 e. The van der Waals surface area contributed by atoms with E-state index in [1.807, 2.05) is 46.4 Å². The zero-order chi connectivity index (χ0) is 98.0. The van der Waals surface area contributed by atoms with E-state index in [9.17, 15) is 13.2 Å². The summed E-state index contributed by atoms with van der Waals surface area (Å²) in [7, 11) is -1.13. The van der Waals surface area contributed by atoms with Crippen molar-refractivity contribution in [2.45, 2.75) is 476 Å². The molecule has 4 atom stereocenters. The van der Waals surface area contributed by atoms with Crippen LogP contribution in [0.15, 0.2) is 36.8 Å². The summed E-state index contributed by atoms with van der Waals surface area (Å²) >= 11 is 0. The quantitative estimate of drug-likeness (QED) is 0.238. The third-order valence-corrected chi connectivity index (χ3v) is 28.6. The molecule has 132 heavy (non-hydrogen) atoms. The Balaban J connectivity index is -0.000000685. The Morgan fingerprint density at radius 3 is 0.955 bits per heavy atom. The van der Waals surface area contributed by atoms with Crippen LogP contribution < -0.4 is 0 Å². The number of hydrogen-bond acceptors (Lipinski definition) is 19. The van der Waals surface area contributed by atoms with Crippen molar-refractivity contribution in [3.05, 3.63) is 36.8 Å². The average molecular weight is 1900 g/mol. The predicted octanol–water partition coefficient (Wildman–Crippen LogP) is 24.4. The number of carbonyl (C=O) groups is 1. The molecule has 1 amide bonds. The van der Waals surface area contributed by atoms with Crippen LogP contribution in [0.1, 0.15) is 397 Å². The highest BCUT2D eigenvalue weighted by molar-refractivity contribution is 7.92. The normalized spacial score (nSPS) is 22.8. The largest absolute Gasteiger partial charge is 0.380 e. The molecule has 0 aromatic rings. The second-order valence-electron chi connectivity index (χ2n) is 51.7. The van der Waals surface area contributed by atoms with Gasteiger partial charge in [-0.05, 0) is 314 Å². The van der Waals surface area contributed by atoms with Gasteiger partial charge >= 0.3 is 0 Å². The first kappa shape index (κ1) is 136. The van der Waals surface area contributed by atoms with Gasteiger partial charge in [0, 0.05) is 211 Å². The molecule has 0 aromatic carbocycles. The van der Waals surface area contributed by atoms with Gasteiger partial charge in [-0.3, -0.25) is 34.2 Å². The minimum atomic E-state index is -2.84. The second-order valence-corrected chi connectivity index (χ2v) is 54.5. The van der Waals surface area contributed by atoms with Crippen molar-refractivity contribution in [3.8, 4) is 0 Å². The third-order valence-electron chi connectivity index (χ3n) is 26.3. The van der Waals surface area contributed by atoms with E-state index >= 15 is 0 Å². The number of methoxy groups -OCH3 is 1. The van der Waals surface area contributed by atoms with Crippen LogP contribution in [0.25, 0.3) is 0 Å². The smallest absolute Gasteiger partial charge is 0.248 e. The SMILES string of the molecule is C.C.C.C.C.C=C(C)N1C2CCC1CN(C(C)(C)C)C2.C=C(C)N1C2CCC1CN(C(C)(C)C)C2.C=C(C)N1CCN(C(C)(C)C)CC1.CC(C)(C)CC(C)(C)C.CC(C)(C)CCN1CCCCC1.CC(C)(C)N1CC2(COC2)C1.CC(C)(C)N1CCC2(CC1)OCCO2.CC(C)(C)N1CCOCC1.CC(C)(C)OCC(=O)N1CCCCC1.CC(C)(C)S(C)(=O)=O.COC(C)(C)C. The van der Waals surface area contributed by atoms with Gasteiger partial charge in [-0.2, -0.15) is 0 Å². The lowest BCUT2D eigenvalue weighted by Gasteiger charge is -2.59. The topological polar surface area (TPSA) is 142 Å². The van der Waals surface area contributed by atoms with E-state index in [4.69, 9.17) is 28.4 Å². The number of piperazine rings is 3. The maximum atomic E-state index is 11.6. The number of rotatable bonds is 7. The van der Waals surface area contributed by atoms with Crippen LogP contribution in [-0.2, 0) is 43.1 Å². The molecule has 4 bridgehead atoms. The van der Waals surface area contributed by atoms with Crippen LogP contribution in [0, 0.1) is 21.7 Å². The summed E-state index contributed by atoms with van der Waals surface area (Å²) in [5.74, 6) is -0.0819. The number of likely N-dealkylation sites (tertiary alicyclic amines) is 6. The Bertz CT molecular complexity index is 3110. The number of ether oxygens (including phenoxy) is 6. The number of morpholine rings is 1. The molecular weight excluding hydrogens is 1660 g/mol. The summed E-state index contributed by atoms with van der Waals surface area (Å²) < 4.78 is 53.0. The van der Waals surface area contributed by atoms with E-state index in [-0.39, 0.29) is 72.2 Å². The first-order valence-electron chi connectivity index (χ1n) is 50.0. The molecule has 792 valence electrons. The number of piperidine rings is 3. The molecule has 4 unspecified atom stereocenters. The van der Waals surface area contributed by atoms with Gasteiger partial charge < -0.3 is 52.9 Å². The summed E-state index contributed by atoms with van der Waals surface area (Å²) in [6, 6.07) is 2.89. The van der Waals surface area contributed by atoms with Crippen LogP contribution in [0.5, 0.6) is 0 Å². The fraction of sp³-hybridized carbons (Fsp3) is 0.937. The van der Waals surface area contributed by atoms with Crippen molar-refractivity contribution in [3.63, 3.8) is 0 Å². The van der Waals surface area contributed by atoms with Gasteiger partial charge in [0.05, 0.1) is 55.6 Å². The first-order valence-corrected chi connectivity index (χ1v) is 51.9. The summed E-state index contributed by atoms with van der Waals surface area (Å²) in [5, 5.41) is 0. The highest BCUT2D eigenvalue weighted by Crippen LogP contribution is 2.42. The summed E-state index contributed by atoms with van der Waals surface area (Å²) in [4.78, 5) is 38.9. The number of hydrogen-bond donors (Lipinski definition) is 0. The zero-order valence-electron chi connectivity index (χ0n) is 91.7. The van der Waals surface area contributed by atoms with Crippen molar-refractivity contribution >= 4 is 15.7 Å². The highest BCUT2D eigenvalue weighted by atomic mass is 32.2. The Labute approximate surface area is 825 Å². The zero-order valence-corrected chi connectivity index (χ0v) is 92.5. The monoisotopic (exact) mass is 1900 g/mol. The number of carbonyl (C=O) groups excluding carboxylic acids is 1. The van der Waals surface area contributed by atoms with E-state index in [0.717, 1.165) is 155 Å². The van der Waals surface area contributed by atoms with Gasteiger partial charge in [0.15, 0.2) is 15.6 Å². The van der Waals surface area contributed by atoms with Gasteiger partial charge in [-0.1, -0.05) is 126 Å². The molecule has 0 N–H and O–H groups in total. The van der Waals surface area contributed by atoms with Crippen molar-refractivity contribution in [2.75, 3.05) is 184 Å². The van der Waals surface area contributed by atoms with Crippen LogP contribution >= 0.6 is 0 Å². The van der Waals surface area contributed by atoms with Gasteiger partial charge in [0.25, 0.3) is 0 Å². The van der Waals surface area contributed by atoms with Gasteiger partial charge in [-0.25, -0.2) is 8.42 Å². The fourth-order valence-electron chi connectivity index (χ4n) is 18.0. The van der Waals surface area contributed by atoms with Crippen molar-refractivity contribution in [2.24, 2.45) is 21.7 Å². The molecule has 0 radical (unpaired) electrons. The summed E-state index contributed by atoms with van der Waals surface area (Å²) in [5.41, 5.74) is 7.53. The number of allylic oxidation sites excluding steroid dienone is 3.